The maximum absolute atomic E-state index is 12.9. The van der Waals surface area contributed by atoms with Crippen LogP contribution in [0.2, 0.25) is 0 Å². The number of aryl methyl sites for hydroxylation is 2. The summed E-state index contributed by atoms with van der Waals surface area (Å²) in [6.45, 7) is 6.13. The van der Waals surface area contributed by atoms with E-state index in [0.29, 0.717) is 43.3 Å². The maximum atomic E-state index is 12.9. The SMILES string of the molecule is CCc1nn2c(C)c(C(=O)N3CCOCC3)nnc2c1-c1ccc(OC)cc1. The molecule has 1 fully saturated rings. The van der Waals surface area contributed by atoms with Crippen molar-refractivity contribution in [2.24, 2.45) is 0 Å². The van der Waals surface area contributed by atoms with Crippen LogP contribution in [0.4, 0.5) is 0 Å². The highest BCUT2D eigenvalue weighted by Crippen LogP contribution is 2.30. The molecule has 3 heterocycles. The number of hydrogen-bond donors (Lipinski definition) is 0. The highest BCUT2D eigenvalue weighted by molar-refractivity contribution is 5.93. The van der Waals surface area contributed by atoms with E-state index in [4.69, 9.17) is 14.6 Å². The number of fused-ring (bicyclic) bond motifs is 1. The minimum Gasteiger partial charge on any atom is -0.497 e. The van der Waals surface area contributed by atoms with Gasteiger partial charge in [-0.2, -0.15) is 5.10 Å². The molecule has 0 aliphatic carbocycles. The Bertz CT molecular complexity index is 1010. The summed E-state index contributed by atoms with van der Waals surface area (Å²) in [5.41, 5.74) is 4.52. The van der Waals surface area contributed by atoms with E-state index >= 15 is 0 Å². The summed E-state index contributed by atoms with van der Waals surface area (Å²) in [4.78, 5) is 14.6. The van der Waals surface area contributed by atoms with Crippen molar-refractivity contribution in [3.05, 3.63) is 41.3 Å². The molecule has 1 saturated heterocycles. The van der Waals surface area contributed by atoms with Gasteiger partial charge in [0, 0.05) is 13.1 Å². The van der Waals surface area contributed by atoms with E-state index < -0.39 is 0 Å². The molecular weight excluding hydrogens is 358 g/mol. The van der Waals surface area contributed by atoms with Crippen molar-refractivity contribution in [1.82, 2.24) is 24.7 Å². The standard InChI is InChI=1S/C20H23N5O3/c1-4-16-17(14-5-7-15(27-3)8-6-14)19-22-21-18(13(2)25(19)23-16)20(26)24-9-11-28-12-10-24/h5-8H,4,9-12H2,1-3H3. The summed E-state index contributed by atoms with van der Waals surface area (Å²) in [6.07, 6.45) is 0.747. The van der Waals surface area contributed by atoms with Gasteiger partial charge in [-0.3, -0.25) is 4.79 Å². The first-order valence-corrected chi connectivity index (χ1v) is 9.40. The predicted octanol–water partition coefficient (Wildman–Crippen LogP) is 2.14. The number of amides is 1. The largest absolute Gasteiger partial charge is 0.497 e. The molecule has 0 atom stereocenters. The van der Waals surface area contributed by atoms with Gasteiger partial charge >= 0.3 is 0 Å². The van der Waals surface area contributed by atoms with E-state index in [1.165, 1.54) is 0 Å². The Balaban J connectivity index is 1.80. The monoisotopic (exact) mass is 381 g/mol. The van der Waals surface area contributed by atoms with Gasteiger partial charge in [-0.1, -0.05) is 19.1 Å². The molecule has 0 spiro atoms. The van der Waals surface area contributed by atoms with Crippen molar-refractivity contribution in [2.75, 3.05) is 33.4 Å². The van der Waals surface area contributed by atoms with Crippen LogP contribution in [0.1, 0.15) is 28.8 Å². The van der Waals surface area contributed by atoms with Crippen molar-refractivity contribution in [2.45, 2.75) is 20.3 Å². The van der Waals surface area contributed by atoms with Crippen LogP contribution >= 0.6 is 0 Å². The van der Waals surface area contributed by atoms with Crippen molar-refractivity contribution in [1.29, 1.82) is 0 Å². The Morgan fingerprint density at radius 2 is 1.89 bits per heavy atom. The molecule has 2 aromatic heterocycles. The van der Waals surface area contributed by atoms with E-state index in [9.17, 15) is 4.79 Å². The highest BCUT2D eigenvalue weighted by Gasteiger charge is 2.25. The first-order chi connectivity index (χ1) is 13.6. The second-order valence-electron chi connectivity index (χ2n) is 6.68. The van der Waals surface area contributed by atoms with Crippen LogP contribution < -0.4 is 4.74 Å². The normalized spacial score (nSPS) is 14.5. The molecular formula is C20H23N5O3. The molecule has 8 heteroatoms. The number of methoxy groups -OCH3 is 1. The zero-order chi connectivity index (χ0) is 19.7. The average Bonchev–Trinajstić information content (AvgIpc) is 3.14. The van der Waals surface area contributed by atoms with Gasteiger partial charge in [-0.05, 0) is 31.0 Å². The fourth-order valence-electron chi connectivity index (χ4n) is 3.46. The summed E-state index contributed by atoms with van der Waals surface area (Å²) in [5.74, 6) is 0.661. The van der Waals surface area contributed by atoms with Crippen LogP contribution in [0.5, 0.6) is 5.75 Å². The van der Waals surface area contributed by atoms with Gasteiger partial charge in [-0.25, -0.2) is 4.52 Å². The first-order valence-electron chi connectivity index (χ1n) is 9.40. The molecule has 4 rings (SSSR count). The van der Waals surface area contributed by atoms with E-state index in [1.807, 2.05) is 31.2 Å². The Kier molecular flexibility index (Phi) is 4.95. The van der Waals surface area contributed by atoms with E-state index in [-0.39, 0.29) is 5.91 Å². The number of carbonyl (C=O) groups is 1. The molecule has 0 bridgehead atoms. The second-order valence-corrected chi connectivity index (χ2v) is 6.68. The van der Waals surface area contributed by atoms with Gasteiger partial charge in [0.25, 0.3) is 5.91 Å². The van der Waals surface area contributed by atoms with Crippen LogP contribution in [0.25, 0.3) is 16.8 Å². The molecule has 28 heavy (non-hydrogen) atoms. The van der Waals surface area contributed by atoms with Crippen LogP contribution in [0.15, 0.2) is 24.3 Å². The maximum Gasteiger partial charge on any atom is 0.276 e. The summed E-state index contributed by atoms with van der Waals surface area (Å²) >= 11 is 0. The zero-order valence-electron chi connectivity index (χ0n) is 16.3. The van der Waals surface area contributed by atoms with E-state index in [2.05, 4.69) is 17.1 Å². The lowest BCUT2D eigenvalue weighted by atomic mass is 10.0. The summed E-state index contributed by atoms with van der Waals surface area (Å²) in [7, 11) is 1.64. The van der Waals surface area contributed by atoms with Gasteiger partial charge in [0.1, 0.15) is 5.75 Å². The summed E-state index contributed by atoms with van der Waals surface area (Å²) < 4.78 is 12.3. The number of carbonyl (C=O) groups excluding carboxylic acids is 1. The summed E-state index contributed by atoms with van der Waals surface area (Å²) in [5, 5.41) is 13.4. The van der Waals surface area contributed by atoms with E-state index in [1.54, 1.807) is 16.5 Å². The lowest BCUT2D eigenvalue weighted by Gasteiger charge is -2.26. The Hall–Kier alpha value is -3.00. The minimum absolute atomic E-state index is 0.130. The predicted molar refractivity (Wildman–Crippen MR) is 104 cm³/mol. The number of benzene rings is 1. The molecule has 1 amide bonds. The lowest BCUT2D eigenvalue weighted by Crippen LogP contribution is -2.41. The fraction of sp³-hybridized carbons (Fsp3) is 0.400. The highest BCUT2D eigenvalue weighted by atomic mass is 16.5. The van der Waals surface area contributed by atoms with E-state index in [0.717, 1.165) is 29.0 Å². The lowest BCUT2D eigenvalue weighted by molar-refractivity contribution is 0.0297. The molecule has 0 unspecified atom stereocenters. The van der Waals surface area contributed by atoms with Crippen molar-refractivity contribution in [3.63, 3.8) is 0 Å². The topological polar surface area (TPSA) is 81.9 Å². The minimum atomic E-state index is -0.130. The van der Waals surface area contributed by atoms with Gasteiger partial charge in [-0.15, -0.1) is 10.2 Å². The third kappa shape index (κ3) is 3.09. The molecule has 0 N–H and O–H groups in total. The second kappa shape index (κ2) is 7.55. The molecule has 3 aromatic rings. The van der Waals surface area contributed by atoms with Crippen LogP contribution in [0.3, 0.4) is 0 Å². The van der Waals surface area contributed by atoms with Gasteiger partial charge in [0.2, 0.25) is 0 Å². The number of rotatable bonds is 4. The third-order valence-electron chi connectivity index (χ3n) is 5.05. The van der Waals surface area contributed by atoms with Crippen molar-refractivity contribution in [3.8, 4) is 16.9 Å². The quantitative estimate of drug-likeness (QED) is 0.689. The molecule has 8 nitrogen and oxygen atoms in total. The Morgan fingerprint density at radius 3 is 2.54 bits per heavy atom. The van der Waals surface area contributed by atoms with Crippen LogP contribution in [-0.2, 0) is 11.2 Å². The van der Waals surface area contributed by atoms with Gasteiger partial charge in [0.15, 0.2) is 11.3 Å². The van der Waals surface area contributed by atoms with Crippen LogP contribution in [-0.4, -0.2) is 64.0 Å². The first kappa shape index (κ1) is 18.4. The fourth-order valence-corrected chi connectivity index (χ4v) is 3.46. The zero-order valence-corrected chi connectivity index (χ0v) is 16.3. The molecule has 0 radical (unpaired) electrons. The van der Waals surface area contributed by atoms with Crippen LogP contribution in [0, 0.1) is 6.92 Å². The van der Waals surface area contributed by atoms with Gasteiger partial charge in [0.05, 0.1) is 37.3 Å². The Labute approximate surface area is 163 Å². The number of nitrogens with zero attached hydrogens (tertiary/aromatic N) is 5. The molecule has 1 aliphatic rings. The molecule has 1 aromatic carbocycles. The van der Waals surface area contributed by atoms with Crippen molar-refractivity contribution >= 4 is 11.6 Å². The number of hydrogen-bond acceptors (Lipinski definition) is 6. The van der Waals surface area contributed by atoms with Gasteiger partial charge < -0.3 is 14.4 Å². The summed E-state index contributed by atoms with van der Waals surface area (Å²) in [6, 6.07) is 7.79. The smallest absolute Gasteiger partial charge is 0.276 e. The number of morpholine rings is 1. The third-order valence-corrected chi connectivity index (χ3v) is 5.05. The number of ether oxygens (including phenoxy) is 2. The average molecular weight is 381 g/mol. The number of aromatic nitrogens is 4. The molecule has 0 saturated carbocycles. The molecule has 146 valence electrons. The molecule has 1 aliphatic heterocycles. The Morgan fingerprint density at radius 1 is 1.18 bits per heavy atom. The van der Waals surface area contributed by atoms with Crippen molar-refractivity contribution < 1.29 is 14.3 Å².